The van der Waals surface area contributed by atoms with Crippen molar-refractivity contribution in [3.05, 3.63) is 47.3 Å². The van der Waals surface area contributed by atoms with E-state index in [0.717, 1.165) is 29.0 Å². The Morgan fingerprint density at radius 2 is 2.14 bits per heavy atom. The maximum atomic E-state index is 10.1. The van der Waals surface area contributed by atoms with Crippen LogP contribution in [0.15, 0.2) is 30.6 Å². The molecule has 5 heteroatoms. The quantitative estimate of drug-likeness (QED) is 0.849. The highest BCUT2D eigenvalue weighted by Gasteiger charge is 2.11. The van der Waals surface area contributed by atoms with Gasteiger partial charge in [0.1, 0.15) is 18.5 Å². The van der Waals surface area contributed by atoms with E-state index in [9.17, 15) is 5.11 Å². The zero-order valence-electron chi connectivity index (χ0n) is 13.8. The third kappa shape index (κ3) is 4.86. The molecule has 1 aromatic carbocycles. The van der Waals surface area contributed by atoms with Gasteiger partial charge in [-0.25, -0.2) is 0 Å². The number of aromatic nitrogens is 2. The highest BCUT2D eigenvalue weighted by molar-refractivity contribution is 5.35. The van der Waals surface area contributed by atoms with E-state index in [1.807, 2.05) is 52.5 Å². The van der Waals surface area contributed by atoms with Crippen LogP contribution in [0.5, 0.6) is 5.75 Å². The standard InChI is InChI=1S/C17H25N3O2/c1-13-5-6-14(2)17(7-13)22-12-16(21)11-19(3)9-15-8-18-20(4)10-15/h5-8,10,16,21H,9,11-12H2,1-4H3. The molecule has 1 atom stereocenters. The fraction of sp³-hybridized carbons (Fsp3) is 0.471. The van der Waals surface area contributed by atoms with Crippen molar-refractivity contribution < 1.29 is 9.84 Å². The summed E-state index contributed by atoms with van der Waals surface area (Å²) in [6.45, 7) is 5.65. The Morgan fingerprint density at radius 1 is 1.36 bits per heavy atom. The van der Waals surface area contributed by atoms with Crippen LogP contribution in [0.4, 0.5) is 0 Å². The third-order valence-corrected chi connectivity index (χ3v) is 3.51. The molecule has 120 valence electrons. The number of aliphatic hydroxyl groups excluding tert-OH is 1. The topological polar surface area (TPSA) is 50.5 Å². The van der Waals surface area contributed by atoms with Crippen LogP contribution in [-0.4, -0.2) is 46.1 Å². The van der Waals surface area contributed by atoms with Gasteiger partial charge in [-0.05, 0) is 38.1 Å². The first-order valence-corrected chi connectivity index (χ1v) is 7.48. The summed E-state index contributed by atoms with van der Waals surface area (Å²) in [5.74, 6) is 0.842. The number of hydrogen-bond donors (Lipinski definition) is 1. The Labute approximate surface area is 132 Å². The van der Waals surface area contributed by atoms with E-state index in [-0.39, 0.29) is 0 Å². The molecule has 2 aromatic rings. The maximum absolute atomic E-state index is 10.1. The Kier molecular flexibility index (Phi) is 5.57. The molecule has 0 fully saturated rings. The first kappa shape index (κ1) is 16.5. The van der Waals surface area contributed by atoms with Gasteiger partial charge < -0.3 is 9.84 Å². The molecule has 1 aromatic heterocycles. The van der Waals surface area contributed by atoms with Gasteiger partial charge in [0, 0.05) is 31.9 Å². The molecule has 0 amide bonds. The SMILES string of the molecule is Cc1ccc(C)c(OCC(O)CN(C)Cc2cnn(C)c2)c1. The molecule has 0 aliphatic carbocycles. The lowest BCUT2D eigenvalue weighted by atomic mass is 10.1. The fourth-order valence-electron chi connectivity index (χ4n) is 2.39. The average Bonchev–Trinajstić information content (AvgIpc) is 2.85. The molecule has 0 radical (unpaired) electrons. The second-order valence-corrected chi connectivity index (χ2v) is 5.95. The number of rotatable bonds is 7. The number of aliphatic hydroxyl groups is 1. The lowest BCUT2D eigenvalue weighted by Gasteiger charge is -2.20. The molecule has 0 aliphatic heterocycles. The lowest BCUT2D eigenvalue weighted by Crippen LogP contribution is -2.32. The van der Waals surface area contributed by atoms with Crippen molar-refractivity contribution in [3.8, 4) is 5.75 Å². The number of benzene rings is 1. The predicted molar refractivity (Wildman–Crippen MR) is 87.0 cm³/mol. The van der Waals surface area contributed by atoms with Crippen LogP contribution in [0.1, 0.15) is 16.7 Å². The van der Waals surface area contributed by atoms with Gasteiger partial charge in [0.15, 0.2) is 0 Å². The highest BCUT2D eigenvalue weighted by atomic mass is 16.5. The van der Waals surface area contributed by atoms with E-state index in [1.54, 1.807) is 4.68 Å². The normalized spacial score (nSPS) is 12.6. The van der Waals surface area contributed by atoms with Crippen molar-refractivity contribution in [3.63, 3.8) is 0 Å². The minimum absolute atomic E-state index is 0.293. The molecule has 1 unspecified atom stereocenters. The highest BCUT2D eigenvalue weighted by Crippen LogP contribution is 2.19. The first-order valence-electron chi connectivity index (χ1n) is 7.48. The van der Waals surface area contributed by atoms with Crippen LogP contribution in [0.25, 0.3) is 0 Å². The van der Waals surface area contributed by atoms with Gasteiger partial charge in [0.05, 0.1) is 6.20 Å². The minimum atomic E-state index is -0.526. The van der Waals surface area contributed by atoms with E-state index < -0.39 is 6.10 Å². The first-order chi connectivity index (χ1) is 10.4. The number of nitrogens with zero attached hydrogens (tertiary/aromatic N) is 3. The Hall–Kier alpha value is -1.85. The molecule has 1 heterocycles. The summed E-state index contributed by atoms with van der Waals surface area (Å²) in [5, 5.41) is 14.3. The van der Waals surface area contributed by atoms with Crippen LogP contribution in [0, 0.1) is 13.8 Å². The van der Waals surface area contributed by atoms with Crippen LogP contribution in [0.3, 0.4) is 0 Å². The Bertz CT molecular complexity index is 610. The monoisotopic (exact) mass is 303 g/mol. The van der Waals surface area contributed by atoms with Gasteiger partial charge in [0.25, 0.3) is 0 Å². The van der Waals surface area contributed by atoms with Gasteiger partial charge in [-0.3, -0.25) is 9.58 Å². The number of likely N-dealkylation sites (N-methyl/N-ethyl adjacent to an activating group) is 1. The molecule has 2 rings (SSSR count). The molecule has 5 nitrogen and oxygen atoms in total. The predicted octanol–water partition coefficient (Wildman–Crippen LogP) is 1.91. The van der Waals surface area contributed by atoms with Crippen molar-refractivity contribution in [2.75, 3.05) is 20.2 Å². The molecule has 0 saturated heterocycles. The molecular formula is C17H25N3O2. The fourth-order valence-corrected chi connectivity index (χ4v) is 2.39. The Morgan fingerprint density at radius 3 is 2.82 bits per heavy atom. The zero-order valence-corrected chi connectivity index (χ0v) is 13.8. The molecular weight excluding hydrogens is 278 g/mol. The van der Waals surface area contributed by atoms with Crippen LogP contribution in [0.2, 0.25) is 0 Å². The van der Waals surface area contributed by atoms with Crippen LogP contribution in [-0.2, 0) is 13.6 Å². The molecule has 0 aliphatic rings. The number of aryl methyl sites for hydroxylation is 3. The summed E-state index contributed by atoms with van der Waals surface area (Å²) in [5.41, 5.74) is 3.37. The van der Waals surface area contributed by atoms with Crippen molar-refractivity contribution in [2.24, 2.45) is 7.05 Å². The molecule has 0 saturated carbocycles. The van der Waals surface area contributed by atoms with Gasteiger partial charge >= 0.3 is 0 Å². The largest absolute Gasteiger partial charge is 0.491 e. The van der Waals surface area contributed by atoms with Crippen molar-refractivity contribution in [1.82, 2.24) is 14.7 Å². The van der Waals surface area contributed by atoms with Crippen LogP contribution < -0.4 is 4.74 Å². The van der Waals surface area contributed by atoms with Crippen molar-refractivity contribution >= 4 is 0 Å². The van der Waals surface area contributed by atoms with Crippen LogP contribution >= 0.6 is 0 Å². The van der Waals surface area contributed by atoms with E-state index in [2.05, 4.69) is 16.1 Å². The summed E-state index contributed by atoms with van der Waals surface area (Å²) in [4.78, 5) is 2.06. The minimum Gasteiger partial charge on any atom is -0.491 e. The molecule has 0 bridgehead atoms. The summed E-state index contributed by atoms with van der Waals surface area (Å²) < 4.78 is 7.52. The maximum Gasteiger partial charge on any atom is 0.122 e. The van der Waals surface area contributed by atoms with E-state index in [1.165, 1.54) is 0 Å². The van der Waals surface area contributed by atoms with Gasteiger partial charge in [0.2, 0.25) is 0 Å². The summed E-state index contributed by atoms with van der Waals surface area (Å²) >= 11 is 0. The van der Waals surface area contributed by atoms with E-state index in [4.69, 9.17) is 4.74 Å². The smallest absolute Gasteiger partial charge is 0.122 e. The molecule has 0 spiro atoms. The number of ether oxygens (including phenoxy) is 1. The third-order valence-electron chi connectivity index (χ3n) is 3.51. The summed E-state index contributed by atoms with van der Waals surface area (Å²) in [6.07, 6.45) is 3.30. The molecule has 1 N–H and O–H groups in total. The number of hydrogen-bond acceptors (Lipinski definition) is 4. The van der Waals surface area contributed by atoms with E-state index >= 15 is 0 Å². The lowest BCUT2D eigenvalue weighted by molar-refractivity contribution is 0.0741. The Balaban J connectivity index is 1.79. The van der Waals surface area contributed by atoms with Crippen molar-refractivity contribution in [2.45, 2.75) is 26.5 Å². The van der Waals surface area contributed by atoms with E-state index in [0.29, 0.717) is 13.2 Å². The van der Waals surface area contributed by atoms with Crippen molar-refractivity contribution in [1.29, 1.82) is 0 Å². The second kappa shape index (κ2) is 7.42. The van der Waals surface area contributed by atoms with Gasteiger partial charge in [-0.1, -0.05) is 12.1 Å². The van der Waals surface area contributed by atoms with Gasteiger partial charge in [-0.2, -0.15) is 5.10 Å². The second-order valence-electron chi connectivity index (χ2n) is 5.95. The molecule has 22 heavy (non-hydrogen) atoms. The average molecular weight is 303 g/mol. The summed E-state index contributed by atoms with van der Waals surface area (Å²) in [7, 11) is 3.88. The summed E-state index contributed by atoms with van der Waals surface area (Å²) in [6, 6.07) is 6.09. The zero-order chi connectivity index (χ0) is 16.1. The van der Waals surface area contributed by atoms with Gasteiger partial charge in [-0.15, -0.1) is 0 Å².